The van der Waals surface area contributed by atoms with Crippen molar-refractivity contribution in [2.45, 2.75) is 26.4 Å². The fraction of sp³-hybridized carbons (Fsp3) is 0.348. The Morgan fingerprint density at radius 2 is 2.06 bits per heavy atom. The van der Waals surface area contributed by atoms with E-state index in [0.717, 1.165) is 10.3 Å². The molecule has 0 unspecified atom stereocenters. The van der Waals surface area contributed by atoms with Gasteiger partial charge < -0.3 is 15.0 Å². The molecule has 0 bridgehead atoms. The van der Waals surface area contributed by atoms with E-state index in [1.807, 2.05) is 25.1 Å². The molecule has 1 saturated heterocycles. The first-order valence-corrected chi connectivity index (χ1v) is 11.0. The van der Waals surface area contributed by atoms with E-state index in [2.05, 4.69) is 10.3 Å². The molecular weight excluding hydrogens is 417 g/mol. The molecular formula is C23H24FN3O3S. The molecule has 0 atom stereocenters. The van der Waals surface area contributed by atoms with Gasteiger partial charge in [0.2, 0.25) is 5.91 Å². The smallest absolute Gasteiger partial charge is 0.264 e. The summed E-state index contributed by atoms with van der Waals surface area (Å²) in [5.41, 5.74) is 1.62. The van der Waals surface area contributed by atoms with Crippen molar-refractivity contribution in [1.82, 2.24) is 9.88 Å². The second kappa shape index (κ2) is 9.11. The minimum atomic E-state index is -0.347. The number of pyridine rings is 1. The standard InChI is InChI=1S/C23H24FN3O3S/c1-14-6-9-25-19(12-14)26-22(28)15-7-10-27(11-8-15)23(29)21-16(13-30-2)20-17(24)4-3-5-18(20)31-21/h3-6,9,12,15H,7-8,10-11,13H2,1-2H3,(H,25,26,28). The molecule has 1 aliphatic rings. The first kappa shape index (κ1) is 21.4. The molecule has 4 rings (SSSR count). The topological polar surface area (TPSA) is 71.5 Å². The maximum Gasteiger partial charge on any atom is 0.264 e. The Kier molecular flexibility index (Phi) is 6.29. The predicted molar refractivity (Wildman–Crippen MR) is 119 cm³/mol. The van der Waals surface area contributed by atoms with Crippen LogP contribution < -0.4 is 5.32 Å². The largest absolute Gasteiger partial charge is 0.380 e. The number of nitrogens with zero attached hydrogens (tertiary/aromatic N) is 2. The Balaban J connectivity index is 1.45. The van der Waals surface area contributed by atoms with Crippen molar-refractivity contribution in [2.24, 2.45) is 5.92 Å². The van der Waals surface area contributed by atoms with E-state index < -0.39 is 0 Å². The molecule has 3 heterocycles. The lowest BCUT2D eigenvalue weighted by atomic mass is 9.95. The summed E-state index contributed by atoms with van der Waals surface area (Å²) in [6.45, 7) is 3.06. The molecule has 0 aliphatic carbocycles. The molecule has 162 valence electrons. The Bertz CT molecular complexity index is 1120. The quantitative estimate of drug-likeness (QED) is 0.638. The molecule has 1 aliphatic heterocycles. The van der Waals surface area contributed by atoms with Gasteiger partial charge in [-0.1, -0.05) is 6.07 Å². The van der Waals surface area contributed by atoms with Crippen LogP contribution in [0.25, 0.3) is 10.1 Å². The number of benzene rings is 1. The lowest BCUT2D eigenvalue weighted by Crippen LogP contribution is -2.41. The lowest BCUT2D eigenvalue weighted by molar-refractivity contribution is -0.121. The minimum Gasteiger partial charge on any atom is -0.380 e. The molecule has 1 N–H and O–H groups in total. The van der Waals surface area contributed by atoms with E-state index in [9.17, 15) is 14.0 Å². The fourth-order valence-corrected chi connectivity index (χ4v) is 5.13. The summed E-state index contributed by atoms with van der Waals surface area (Å²) in [7, 11) is 1.53. The Hall–Kier alpha value is -2.84. The number of carbonyl (C=O) groups excluding carboxylic acids is 2. The van der Waals surface area contributed by atoms with Gasteiger partial charge in [-0.05, 0) is 49.6 Å². The molecule has 0 radical (unpaired) electrons. The summed E-state index contributed by atoms with van der Waals surface area (Å²) in [5, 5.41) is 3.32. The zero-order chi connectivity index (χ0) is 22.0. The molecule has 1 aromatic carbocycles. The number of rotatable bonds is 5. The third kappa shape index (κ3) is 4.45. The van der Waals surface area contributed by atoms with Crippen molar-refractivity contribution < 1.29 is 18.7 Å². The summed E-state index contributed by atoms with van der Waals surface area (Å²) in [5.74, 6) is -0.189. The van der Waals surface area contributed by atoms with Gasteiger partial charge in [-0.15, -0.1) is 11.3 Å². The van der Waals surface area contributed by atoms with Gasteiger partial charge in [-0.3, -0.25) is 9.59 Å². The van der Waals surface area contributed by atoms with Crippen LogP contribution in [0.5, 0.6) is 0 Å². The molecule has 0 saturated carbocycles. The Morgan fingerprint density at radius 3 is 2.77 bits per heavy atom. The van der Waals surface area contributed by atoms with Crippen molar-refractivity contribution >= 4 is 39.1 Å². The Morgan fingerprint density at radius 1 is 1.29 bits per heavy atom. The zero-order valence-corrected chi connectivity index (χ0v) is 18.3. The third-order valence-corrected chi connectivity index (χ3v) is 6.75. The number of ether oxygens (including phenoxy) is 1. The highest BCUT2D eigenvalue weighted by Gasteiger charge is 2.30. The molecule has 0 spiro atoms. The highest BCUT2D eigenvalue weighted by atomic mass is 32.1. The van der Waals surface area contributed by atoms with Crippen LogP contribution in [0.15, 0.2) is 36.5 Å². The van der Waals surface area contributed by atoms with Crippen molar-refractivity contribution in [2.75, 3.05) is 25.5 Å². The van der Waals surface area contributed by atoms with Gasteiger partial charge in [0.1, 0.15) is 11.6 Å². The number of anilines is 1. The van der Waals surface area contributed by atoms with E-state index in [4.69, 9.17) is 4.74 Å². The first-order chi connectivity index (χ1) is 15.0. The summed E-state index contributed by atoms with van der Waals surface area (Å²) in [4.78, 5) is 32.3. The van der Waals surface area contributed by atoms with Crippen LogP contribution in [0.2, 0.25) is 0 Å². The van der Waals surface area contributed by atoms with Gasteiger partial charge in [0.15, 0.2) is 0 Å². The van der Waals surface area contributed by atoms with Gasteiger partial charge in [-0.25, -0.2) is 9.37 Å². The minimum absolute atomic E-state index is 0.0748. The maximum absolute atomic E-state index is 14.4. The highest BCUT2D eigenvalue weighted by Crippen LogP contribution is 2.35. The number of hydrogen-bond donors (Lipinski definition) is 1. The van der Waals surface area contributed by atoms with Crippen LogP contribution in [-0.2, 0) is 16.1 Å². The summed E-state index contributed by atoms with van der Waals surface area (Å²) >= 11 is 1.29. The second-order valence-electron chi connectivity index (χ2n) is 7.73. The average Bonchev–Trinajstić information content (AvgIpc) is 3.13. The van der Waals surface area contributed by atoms with E-state index in [1.165, 1.54) is 24.5 Å². The van der Waals surface area contributed by atoms with Crippen LogP contribution in [-0.4, -0.2) is 41.9 Å². The molecule has 31 heavy (non-hydrogen) atoms. The normalized spacial score (nSPS) is 14.7. The van der Waals surface area contributed by atoms with Gasteiger partial charge in [0, 0.05) is 48.0 Å². The van der Waals surface area contributed by atoms with Crippen LogP contribution in [0.3, 0.4) is 0 Å². The van der Waals surface area contributed by atoms with Crippen molar-refractivity contribution in [1.29, 1.82) is 0 Å². The number of carbonyl (C=O) groups is 2. The SMILES string of the molecule is COCc1c(C(=O)N2CCC(C(=O)Nc3cc(C)ccn3)CC2)sc2cccc(F)c12. The van der Waals surface area contributed by atoms with Gasteiger partial charge in [0.05, 0.1) is 11.5 Å². The number of methoxy groups -OCH3 is 1. The van der Waals surface area contributed by atoms with E-state index >= 15 is 0 Å². The number of likely N-dealkylation sites (tertiary alicyclic amines) is 1. The van der Waals surface area contributed by atoms with Gasteiger partial charge >= 0.3 is 0 Å². The summed E-state index contributed by atoms with van der Waals surface area (Å²) in [6.07, 6.45) is 2.81. The number of piperidine rings is 1. The number of thiophene rings is 1. The Labute approximate surface area is 184 Å². The maximum atomic E-state index is 14.4. The van der Waals surface area contributed by atoms with Crippen LogP contribution in [0.4, 0.5) is 10.2 Å². The number of halogens is 1. The van der Waals surface area contributed by atoms with E-state index in [1.54, 1.807) is 17.2 Å². The molecule has 8 heteroatoms. The molecule has 6 nitrogen and oxygen atoms in total. The number of fused-ring (bicyclic) bond motifs is 1. The lowest BCUT2D eigenvalue weighted by Gasteiger charge is -2.31. The summed E-state index contributed by atoms with van der Waals surface area (Å²) in [6, 6.07) is 8.56. The summed E-state index contributed by atoms with van der Waals surface area (Å²) < 4.78 is 20.4. The van der Waals surface area contributed by atoms with Crippen molar-refractivity contribution in [3.8, 4) is 0 Å². The van der Waals surface area contributed by atoms with Crippen LogP contribution >= 0.6 is 11.3 Å². The van der Waals surface area contributed by atoms with Crippen LogP contribution in [0.1, 0.15) is 33.6 Å². The second-order valence-corrected chi connectivity index (χ2v) is 8.78. The number of nitrogens with one attached hydrogen (secondary N) is 1. The average molecular weight is 442 g/mol. The van der Waals surface area contributed by atoms with Crippen molar-refractivity contribution in [3.63, 3.8) is 0 Å². The number of hydrogen-bond acceptors (Lipinski definition) is 5. The van der Waals surface area contributed by atoms with Crippen LogP contribution in [0, 0.1) is 18.7 Å². The highest BCUT2D eigenvalue weighted by molar-refractivity contribution is 7.21. The first-order valence-electron chi connectivity index (χ1n) is 10.2. The predicted octanol–water partition coefficient (Wildman–Crippen LogP) is 4.38. The van der Waals surface area contributed by atoms with E-state index in [0.29, 0.717) is 47.6 Å². The van der Waals surface area contributed by atoms with Gasteiger partial charge in [0.25, 0.3) is 5.91 Å². The molecule has 2 amide bonds. The molecule has 2 aromatic heterocycles. The molecule has 1 fully saturated rings. The van der Waals surface area contributed by atoms with E-state index in [-0.39, 0.29) is 30.2 Å². The zero-order valence-electron chi connectivity index (χ0n) is 17.5. The number of amides is 2. The fourth-order valence-electron chi connectivity index (χ4n) is 3.94. The number of aryl methyl sites for hydroxylation is 1. The van der Waals surface area contributed by atoms with Gasteiger partial charge in [-0.2, -0.15) is 0 Å². The molecule has 3 aromatic rings. The third-order valence-electron chi connectivity index (χ3n) is 5.57. The van der Waals surface area contributed by atoms with Crippen molar-refractivity contribution in [3.05, 3.63) is 58.3 Å². The monoisotopic (exact) mass is 441 g/mol. The number of aromatic nitrogens is 1.